The van der Waals surface area contributed by atoms with Gasteiger partial charge >= 0.3 is 0 Å². The summed E-state index contributed by atoms with van der Waals surface area (Å²) in [6.45, 7) is 5.88. The minimum atomic E-state index is -0.141. The predicted octanol–water partition coefficient (Wildman–Crippen LogP) is 2.91. The Labute approximate surface area is 179 Å². The van der Waals surface area contributed by atoms with E-state index in [9.17, 15) is 9.59 Å². The van der Waals surface area contributed by atoms with Crippen molar-refractivity contribution in [3.63, 3.8) is 0 Å². The van der Waals surface area contributed by atoms with Crippen LogP contribution in [0, 0.1) is 11.8 Å². The Morgan fingerprint density at radius 2 is 2.00 bits per heavy atom. The summed E-state index contributed by atoms with van der Waals surface area (Å²) in [7, 11) is 3.46. The van der Waals surface area contributed by atoms with E-state index < -0.39 is 0 Å². The third kappa shape index (κ3) is 5.52. The molecule has 0 aromatic heterocycles. The van der Waals surface area contributed by atoms with E-state index in [1.807, 2.05) is 6.07 Å². The number of nitrogens with zero attached hydrogens (tertiary/aromatic N) is 1. The SMILES string of the molecule is CO[C@@H]1CN(C)C(=O)c2cc(NC(=O)C3CCCC3)ccc2OC[C@H](C)NC[C@H]1C. The number of amides is 2. The maximum Gasteiger partial charge on any atom is 0.257 e. The molecule has 0 spiro atoms. The fourth-order valence-electron chi connectivity index (χ4n) is 4.17. The second-order valence-corrected chi connectivity index (χ2v) is 8.74. The van der Waals surface area contributed by atoms with Gasteiger partial charge in [-0.25, -0.2) is 0 Å². The summed E-state index contributed by atoms with van der Waals surface area (Å²) < 4.78 is 11.6. The molecule has 7 heteroatoms. The normalized spacial score (nSPS) is 26.3. The molecule has 30 heavy (non-hydrogen) atoms. The van der Waals surface area contributed by atoms with Gasteiger partial charge in [-0.2, -0.15) is 0 Å². The van der Waals surface area contributed by atoms with Crippen molar-refractivity contribution in [1.82, 2.24) is 10.2 Å². The van der Waals surface area contributed by atoms with Gasteiger partial charge in [-0.3, -0.25) is 9.59 Å². The number of likely N-dealkylation sites (N-methyl/N-ethyl adjacent to an activating group) is 1. The molecule has 1 aliphatic carbocycles. The number of nitrogens with one attached hydrogen (secondary N) is 2. The minimum absolute atomic E-state index is 0.0356. The van der Waals surface area contributed by atoms with Crippen LogP contribution < -0.4 is 15.4 Å². The van der Waals surface area contributed by atoms with Gasteiger partial charge in [0, 0.05) is 44.9 Å². The monoisotopic (exact) mass is 417 g/mol. The van der Waals surface area contributed by atoms with Gasteiger partial charge in [0.1, 0.15) is 12.4 Å². The highest BCUT2D eigenvalue weighted by Crippen LogP contribution is 2.28. The first-order valence-electron chi connectivity index (χ1n) is 11.0. The fraction of sp³-hybridized carbons (Fsp3) is 0.652. The molecule has 0 bridgehead atoms. The van der Waals surface area contributed by atoms with Gasteiger partial charge in [-0.15, -0.1) is 0 Å². The molecule has 1 fully saturated rings. The van der Waals surface area contributed by atoms with E-state index in [2.05, 4.69) is 24.5 Å². The average Bonchev–Trinajstić information content (AvgIpc) is 3.28. The second-order valence-electron chi connectivity index (χ2n) is 8.74. The van der Waals surface area contributed by atoms with Crippen molar-refractivity contribution in [2.24, 2.45) is 11.8 Å². The number of methoxy groups -OCH3 is 1. The average molecular weight is 418 g/mol. The van der Waals surface area contributed by atoms with Crippen molar-refractivity contribution in [3.8, 4) is 5.75 Å². The zero-order valence-electron chi connectivity index (χ0n) is 18.6. The highest BCUT2D eigenvalue weighted by Gasteiger charge is 2.27. The number of rotatable bonds is 3. The van der Waals surface area contributed by atoms with Crippen LogP contribution in [0.1, 0.15) is 49.9 Å². The number of hydrogen-bond acceptors (Lipinski definition) is 5. The summed E-state index contributed by atoms with van der Waals surface area (Å²) in [6, 6.07) is 5.45. The van der Waals surface area contributed by atoms with Crippen LogP contribution in [0.5, 0.6) is 5.75 Å². The first kappa shape index (κ1) is 22.6. The molecule has 2 aliphatic rings. The first-order valence-corrected chi connectivity index (χ1v) is 11.0. The summed E-state index contributed by atoms with van der Waals surface area (Å²) in [5, 5.41) is 6.46. The summed E-state index contributed by atoms with van der Waals surface area (Å²) >= 11 is 0. The van der Waals surface area contributed by atoms with Crippen molar-refractivity contribution in [2.75, 3.05) is 39.2 Å². The van der Waals surface area contributed by atoms with E-state index in [1.54, 1.807) is 31.2 Å². The molecule has 1 heterocycles. The summed E-state index contributed by atoms with van der Waals surface area (Å²) in [4.78, 5) is 27.5. The van der Waals surface area contributed by atoms with E-state index in [0.29, 0.717) is 30.2 Å². The second kappa shape index (κ2) is 10.3. The van der Waals surface area contributed by atoms with E-state index in [4.69, 9.17) is 9.47 Å². The smallest absolute Gasteiger partial charge is 0.257 e. The van der Waals surface area contributed by atoms with Crippen molar-refractivity contribution < 1.29 is 19.1 Å². The Bertz CT molecular complexity index is 748. The summed E-state index contributed by atoms with van der Waals surface area (Å²) in [5.74, 6) is 0.730. The lowest BCUT2D eigenvalue weighted by Gasteiger charge is -2.30. The molecule has 0 saturated heterocycles. The highest BCUT2D eigenvalue weighted by atomic mass is 16.5. The third-order valence-corrected chi connectivity index (χ3v) is 6.22. The fourth-order valence-corrected chi connectivity index (χ4v) is 4.17. The van der Waals surface area contributed by atoms with Gasteiger partial charge in [0.15, 0.2) is 0 Å². The van der Waals surface area contributed by atoms with Crippen LogP contribution in [-0.4, -0.2) is 62.7 Å². The van der Waals surface area contributed by atoms with Crippen molar-refractivity contribution in [2.45, 2.75) is 51.7 Å². The van der Waals surface area contributed by atoms with E-state index in [1.165, 1.54) is 0 Å². The Balaban J connectivity index is 1.85. The molecule has 1 saturated carbocycles. The molecular weight excluding hydrogens is 382 g/mol. The molecule has 0 unspecified atom stereocenters. The highest BCUT2D eigenvalue weighted by molar-refractivity contribution is 5.99. The lowest BCUT2D eigenvalue weighted by molar-refractivity contribution is -0.119. The van der Waals surface area contributed by atoms with Crippen LogP contribution in [0.2, 0.25) is 0 Å². The van der Waals surface area contributed by atoms with Crippen LogP contribution in [0.25, 0.3) is 0 Å². The van der Waals surface area contributed by atoms with Crippen LogP contribution in [0.4, 0.5) is 5.69 Å². The molecule has 0 radical (unpaired) electrons. The van der Waals surface area contributed by atoms with Crippen LogP contribution in [0.3, 0.4) is 0 Å². The van der Waals surface area contributed by atoms with Crippen molar-refractivity contribution in [3.05, 3.63) is 23.8 Å². The molecule has 3 rings (SSSR count). The van der Waals surface area contributed by atoms with Gasteiger partial charge in [-0.1, -0.05) is 19.8 Å². The Kier molecular flexibility index (Phi) is 7.72. The summed E-state index contributed by atoms with van der Waals surface area (Å²) in [5.41, 5.74) is 1.09. The van der Waals surface area contributed by atoms with Gasteiger partial charge in [0.05, 0.1) is 11.7 Å². The molecule has 166 valence electrons. The molecular formula is C23H35N3O4. The van der Waals surface area contributed by atoms with Crippen LogP contribution >= 0.6 is 0 Å². The quantitative estimate of drug-likeness (QED) is 0.791. The number of fused-ring (bicyclic) bond motifs is 1. The maximum absolute atomic E-state index is 13.3. The number of carbonyl (C=O) groups excluding carboxylic acids is 2. The standard InChI is InChI=1S/C23H35N3O4/c1-15-12-24-16(2)14-30-20-10-9-18(25-22(27)17-7-5-6-8-17)11-19(20)23(28)26(3)13-21(15)29-4/h9-11,15-17,21,24H,5-8,12-14H2,1-4H3,(H,25,27)/t15-,16+,21-/m1/s1. The van der Waals surface area contributed by atoms with Crippen molar-refractivity contribution >= 4 is 17.5 Å². The number of benzene rings is 1. The molecule has 3 atom stereocenters. The van der Waals surface area contributed by atoms with Crippen molar-refractivity contribution in [1.29, 1.82) is 0 Å². The third-order valence-electron chi connectivity index (χ3n) is 6.22. The number of anilines is 1. The summed E-state index contributed by atoms with van der Waals surface area (Å²) in [6.07, 6.45) is 3.99. The van der Waals surface area contributed by atoms with Gasteiger partial charge < -0.3 is 25.0 Å². The molecule has 2 N–H and O–H groups in total. The molecule has 2 amide bonds. The first-order chi connectivity index (χ1) is 14.4. The Morgan fingerprint density at radius 3 is 2.70 bits per heavy atom. The number of hydrogen-bond donors (Lipinski definition) is 2. The van der Waals surface area contributed by atoms with Gasteiger partial charge in [0.25, 0.3) is 5.91 Å². The predicted molar refractivity (Wildman–Crippen MR) is 117 cm³/mol. The zero-order chi connectivity index (χ0) is 21.7. The zero-order valence-corrected chi connectivity index (χ0v) is 18.6. The number of carbonyl (C=O) groups is 2. The largest absolute Gasteiger partial charge is 0.491 e. The molecule has 1 aromatic rings. The Morgan fingerprint density at radius 1 is 1.27 bits per heavy atom. The van der Waals surface area contributed by atoms with Crippen LogP contribution in [-0.2, 0) is 9.53 Å². The van der Waals surface area contributed by atoms with Crippen LogP contribution in [0.15, 0.2) is 18.2 Å². The number of ether oxygens (including phenoxy) is 2. The lowest BCUT2D eigenvalue weighted by Crippen LogP contribution is -2.44. The Hall–Kier alpha value is -2.12. The lowest BCUT2D eigenvalue weighted by atomic mass is 10.0. The topological polar surface area (TPSA) is 79.9 Å². The van der Waals surface area contributed by atoms with E-state index >= 15 is 0 Å². The maximum atomic E-state index is 13.3. The molecule has 1 aliphatic heterocycles. The van der Waals surface area contributed by atoms with Gasteiger partial charge in [0.2, 0.25) is 5.91 Å². The molecule has 1 aromatic carbocycles. The van der Waals surface area contributed by atoms with Gasteiger partial charge in [-0.05, 0) is 43.9 Å². The molecule has 7 nitrogen and oxygen atoms in total. The van der Waals surface area contributed by atoms with E-state index in [-0.39, 0.29) is 35.8 Å². The minimum Gasteiger partial charge on any atom is -0.491 e. The van der Waals surface area contributed by atoms with E-state index in [0.717, 1.165) is 32.2 Å².